The second-order valence-corrected chi connectivity index (χ2v) is 42.8. The molecule has 0 radical (unpaired) electrons. The van der Waals surface area contributed by atoms with Gasteiger partial charge in [0, 0.05) is 27.4 Å². The van der Waals surface area contributed by atoms with Gasteiger partial charge in [-0.15, -0.1) is 0 Å². The predicted molar refractivity (Wildman–Crippen MR) is 114 cm³/mol. The largest absolute Gasteiger partial charge is 0.464 e. The van der Waals surface area contributed by atoms with Crippen LogP contribution in [0.15, 0.2) is 12.2 Å². The first-order valence-electron chi connectivity index (χ1n) is 8.83. The summed E-state index contributed by atoms with van der Waals surface area (Å²) in [6.45, 7) is 15.0. The Labute approximate surface area is 157 Å². The molecule has 9 heteroatoms. The molecule has 25 heavy (non-hydrogen) atoms. The number of carbonyl (C=O) groups excluding carboxylic acids is 1. The lowest BCUT2D eigenvalue weighted by Gasteiger charge is -2.58. The Morgan fingerprint density at radius 3 is 1.48 bits per heavy atom. The summed E-state index contributed by atoms with van der Waals surface area (Å²) in [6.07, 6.45) is 3.97. The summed E-state index contributed by atoms with van der Waals surface area (Å²) in [5.74, 6) is -0.283. The third kappa shape index (κ3) is 4.45. The first-order chi connectivity index (χ1) is 11.3. The van der Waals surface area contributed by atoms with Crippen molar-refractivity contribution < 1.29 is 22.8 Å². The molecule has 0 aliphatic carbocycles. The minimum Gasteiger partial charge on any atom is -0.464 e. The predicted octanol–water partition coefficient (Wildman–Crippen LogP) is 3.66. The summed E-state index contributed by atoms with van der Waals surface area (Å²) in [5, 5.41) is 0. The first-order valence-corrected chi connectivity index (χ1v) is 22.6. The average molecular weight is 423 g/mol. The van der Waals surface area contributed by atoms with Crippen molar-refractivity contribution in [2.24, 2.45) is 0 Å². The van der Waals surface area contributed by atoms with Gasteiger partial charge in [-0.1, -0.05) is 13.0 Å². The zero-order chi connectivity index (χ0) is 20.1. The maximum absolute atomic E-state index is 12.3. The standard InChI is InChI=1S/C16H38O5Si4/c1-12-14-15(17)21-16(13-2)25(22(6,7)18-3,23(8,9)19-4)24(10,11)20-5/h12,14,16H,13H2,1-11H3/b14-12+. The Balaban J connectivity index is 6.78. The van der Waals surface area contributed by atoms with Crippen LogP contribution in [0.5, 0.6) is 0 Å². The number of hydrogen-bond donors (Lipinski definition) is 0. The minimum absolute atomic E-state index is 0.166. The van der Waals surface area contributed by atoms with Gasteiger partial charge in [0.2, 0.25) is 0 Å². The molecule has 1 unspecified atom stereocenters. The van der Waals surface area contributed by atoms with Gasteiger partial charge in [0.05, 0.1) is 5.73 Å². The molecule has 1 atom stereocenters. The van der Waals surface area contributed by atoms with Crippen molar-refractivity contribution in [3.8, 4) is 0 Å². The van der Waals surface area contributed by atoms with E-state index in [-0.39, 0.29) is 11.7 Å². The molecular weight excluding hydrogens is 385 g/mol. The second-order valence-electron chi connectivity index (χ2n) is 7.79. The van der Waals surface area contributed by atoms with Crippen LogP contribution >= 0.6 is 0 Å². The smallest absolute Gasteiger partial charge is 0.330 e. The van der Waals surface area contributed by atoms with Gasteiger partial charge in [0.1, 0.15) is 0 Å². The van der Waals surface area contributed by atoms with Gasteiger partial charge in [0.15, 0.2) is 30.1 Å². The van der Waals surface area contributed by atoms with E-state index < -0.39 is 30.1 Å². The van der Waals surface area contributed by atoms with Crippen LogP contribution in [0.4, 0.5) is 0 Å². The van der Waals surface area contributed by atoms with Gasteiger partial charge in [-0.25, -0.2) is 4.79 Å². The van der Waals surface area contributed by atoms with E-state index in [9.17, 15) is 4.79 Å². The fourth-order valence-corrected chi connectivity index (χ4v) is 83.1. The maximum atomic E-state index is 12.3. The third-order valence-electron chi connectivity index (χ3n) is 5.79. The zero-order valence-corrected chi connectivity index (χ0v) is 22.0. The van der Waals surface area contributed by atoms with Gasteiger partial charge < -0.3 is 18.0 Å². The number of rotatable bonds is 10. The van der Waals surface area contributed by atoms with E-state index in [0.29, 0.717) is 0 Å². The van der Waals surface area contributed by atoms with Crippen molar-refractivity contribution in [2.75, 3.05) is 21.3 Å². The Bertz CT molecular complexity index is 436. The third-order valence-corrected chi connectivity index (χ3v) is 70.4. The highest BCUT2D eigenvalue weighted by Crippen LogP contribution is 2.42. The molecule has 0 saturated heterocycles. The fourth-order valence-electron chi connectivity index (χ4n) is 4.61. The summed E-state index contributed by atoms with van der Waals surface area (Å²) < 4.78 is 24.7. The van der Waals surface area contributed by atoms with Crippen molar-refractivity contribution in [1.82, 2.24) is 0 Å². The summed E-state index contributed by atoms with van der Waals surface area (Å²) >= 11 is 0. The highest BCUT2D eigenvalue weighted by atomic mass is 29.9. The van der Waals surface area contributed by atoms with Crippen LogP contribution in [-0.4, -0.2) is 63.2 Å². The van der Waals surface area contributed by atoms with Crippen LogP contribution in [0.1, 0.15) is 20.3 Å². The Kier molecular flexibility index (Phi) is 9.23. The highest BCUT2D eigenvalue weighted by Gasteiger charge is 2.75. The van der Waals surface area contributed by atoms with Crippen LogP contribution in [0.3, 0.4) is 0 Å². The fraction of sp³-hybridized carbons (Fsp3) is 0.812. The quantitative estimate of drug-likeness (QED) is 0.305. The van der Waals surface area contributed by atoms with Gasteiger partial charge in [-0.2, -0.15) is 0 Å². The number of allylic oxidation sites excluding steroid dienone is 1. The number of carbonyl (C=O) groups is 1. The summed E-state index contributed by atoms with van der Waals surface area (Å²) in [7, 11) is -1.30. The monoisotopic (exact) mass is 422 g/mol. The molecule has 0 aliphatic rings. The molecule has 0 aromatic rings. The molecule has 0 aliphatic heterocycles. The molecule has 0 rings (SSSR count). The maximum Gasteiger partial charge on any atom is 0.330 e. The molecular formula is C16H38O5Si4. The van der Waals surface area contributed by atoms with E-state index in [1.54, 1.807) is 27.4 Å². The van der Waals surface area contributed by atoms with Crippen molar-refractivity contribution in [3.63, 3.8) is 0 Å². The molecule has 0 N–H and O–H groups in total. The molecule has 0 aromatic carbocycles. The number of hydrogen-bond acceptors (Lipinski definition) is 5. The molecule has 0 spiro atoms. The number of esters is 1. The van der Waals surface area contributed by atoms with Crippen molar-refractivity contribution >= 4 is 36.1 Å². The van der Waals surface area contributed by atoms with Gasteiger partial charge in [-0.3, -0.25) is 0 Å². The minimum atomic E-state index is -2.43. The van der Waals surface area contributed by atoms with E-state index in [0.717, 1.165) is 6.42 Å². The molecule has 0 amide bonds. The van der Waals surface area contributed by atoms with Gasteiger partial charge >= 0.3 is 5.97 Å². The Morgan fingerprint density at radius 2 is 1.24 bits per heavy atom. The molecule has 148 valence electrons. The molecule has 0 bridgehead atoms. The summed E-state index contributed by atoms with van der Waals surface area (Å²) in [5.41, 5.74) is -0.166. The molecule has 0 aromatic heterocycles. The summed E-state index contributed by atoms with van der Waals surface area (Å²) in [4.78, 5) is 12.3. The van der Waals surface area contributed by atoms with Crippen molar-refractivity contribution in [1.29, 1.82) is 0 Å². The zero-order valence-electron chi connectivity index (χ0n) is 18.0. The van der Waals surface area contributed by atoms with Crippen LogP contribution in [0, 0.1) is 0 Å². The first kappa shape index (κ1) is 25.0. The van der Waals surface area contributed by atoms with Crippen molar-refractivity contribution in [3.05, 3.63) is 12.2 Å². The average Bonchev–Trinajstić information content (AvgIpc) is 2.53. The lowest BCUT2D eigenvalue weighted by molar-refractivity contribution is -0.139. The van der Waals surface area contributed by atoms with E-state index >= 15 is 0 Å². The van der Waals surface area contributed by atoms with E-state index in [1.165, 1.54) is 6.08 Å². The van der Waals surface area contributed by atoms with E-state index in [1.807, 2.05) is 6.92 Å². The number of ether oxygens (including phenoxy) is 1. The second kappa shape index (κ2) is 9.24. The van der Waals surface area contributed by atoms with Gasteiger partial charge in [0.25, 0.3) is 0 Å². The lowest BCUT2D eigenvalue weighted by atomic mass is 10.5. The molecule has 0 fully saturated rings. The topological polar surface area (TPSA) is 54.0 Å². The lowest BCUT2D eigenvalue weighted by Crippen LogP contribution is -2.91. The van der Waals surface area contributed by atoms with E-state index in [2.05, 4.69) is 46.2 Å². The Morgan fingerprint density at radius 1 is 0.880 bits per heavy atom. The SMILES string of the molecule is C/C=C/C(=O)OC(CC)[Si]([Si](C)(C)OC)([Si](C)(C)OC)[Si](C)(C)OC. The molecule has 0 heterocycles. The van der Waals surface area contributed by atoms with Gasteiger partial charge in [-0.05, 0) is 52.6 Å². The molecule has 5 nitrogen and oxygen atoms in total. The van der Waals surface area contributed by atoms with Crippen LogP contribution in [-0.2, 0) is 22.8 Å². The Hall–Kier alpha value is -0.0425. The van der Waals surface area contributed by atoms with Crippen LogP contribution in [0.2, 0.25) is 39.3 Å². The summed E-state index contributed by atoms with van der Waals surface area (Å²) in [6, 6.07) is 0. The molecule has 0 saturated carbocycles. The van der Waals surface area contributed by atoms with E-state index in [4.69, 9.17) is 18.0 Å². The van der Waals surface area contributed by atoms with Crippen LogP contribution < -0.4 is 0 Å². The van der Waals surface area contributed by atoms with Crippen LogP contribution in [0.25, 0.3) is 0 Å². The highest BCUT2D eigenvalue weighted by molar-refractivity contribution is 7.87. The normalized spacial score (nSPS) is 15.5. The van der Waals surface area contributed by atoms with Crippen molar-refractivity contribution in [2.45, 2.75) is 65.3 Å².